The molecule has 0 aliphatic heterocycles. The molecule has 0 aliphatic rings. The molecule has 0 atom stereocenters. The molecular formula is C16H19N3O. The molecule has 3 aromatic rings. The molecule has 0 fully saturated rings. The number of aryl methyl sites for hydroxylation is 1. The third kappa shape index (κ3) is 1.90. The van der Waals surface area contributed by atoms with E-state index >= 15 is 0 Å². The van der Waals surface area contributed by atoms with Crippen LogP contribution >= 0.6 is 0 Å². The highest BCUT2D eigenvalue weighted by Gasteiger charge is 2.12. The molecule has 0 saturated carbocycles. The number of anilines is 2. The van der Waals surface area contributed by atoms with Gasteiger partial charge in [0.05, 0.1) is 22.1 Å². The van der Waals surface area contributed by atoms with Crippen molar-refractivity contribution in [3.05, 3.63) is 46.6 Å². The summed E-state index contributed by atoms with van der Waals surface area (Å²) in [5.41, 5.74) is 14.4. The van der Waals surface area contributed by atoms with Crippen LogP contribution in [0.15, 0.2) is 41.2 Å². The molecule has 0 spiro atoms. The van der Waals surface area contributed by atoms with Crippen LogP contribution in [-0.2, 0) is 7.05 Å². The molecule has 0 amide bonds. The van der Waals surface area contributed by atoms with Crippen molar-refractivity contribution in [2.75, 3.05) is 11.5 Å². The Morgan fingerprint density at radius 3 is 2.25 bits per heavy atom. The number of hydrogen-bond donors (Lipinski definition) is 2. The second-order valence-corrected chi connectivity index (χ2v) is 4.37. The first kappa shape index (κ1) is 13.9. The standard InChI is InChI=1S/C14H13N3O.C2H6/c1-17-11-5-3-2-4-8(11)14(18)12-9(15)6-7-10(16)13(12)17;1-2/h2-7H,15-16H2,1H3;1-2H3. The van der Waals surface area contributed by atoms with Gasteiger partial charge in [-0.3, -0.25) is 4.79 Å². The Hall–Kier alpha value is -2.49. The van der Waals surface area contributed by atoms with Crippen LogP contribution in [0.1, 0.15) is 13.8 Å². The van der Waals surface area contributed by atoms with Crippen LogP contribution < -0.4 is 16.9 Å². The highest BCUT2D eigenvalue weighted by Crippen LogP contribution is 2.26. The molecule has 0 saturated heterocycles. The molecule has 3 rings (SSSR count). The van der Waals surface area contributed by atoms with Gasteiger partial charge in [-0.2, -0.15) is 0 Å². The van der Waals surface area contributed by atoms with E-state index in [1.165, 1.54) is 0 Å². The number of para-hydroxylation sites is 1. The number of nitrogen functional groups attached to an aromatic ring is 2. The third-order valence-electron chi connectivity index (χ3n) is 3.31. The Kier molecular flexibility index (Phi) is 3.66. The van der Waals surface area contributed by atoms with Crippen molar-refractivity contribution in [1.82, 2.24) is 4.57 Å². The van der Waals surface area contributed by atoms with Gasteiger partial charge in [-0.1, -0.05) is 26.0 Å². The second kappa shape index (κ2) is 5.25. The van der Waals surface area contributed by atoms with E-state index in [1.54, 1.807) is 18.2 Å². The minimum Gasteiger partial charge on any atom is -0.398 e. The van der Waals surface area contributed by atoms with Crippen molar-refractivity contribution in [3.63, 3.8) is 0 Å². The number of nitrogens with zero attached hydrogens (tertiary/aromatic N) is 1. The van der Waals surface area contributed by atoms with Crippen LogP contribution in [-0.4, -0.2) is 4.57 Å². The van der Waals surface area contributed by atoms with Crippen molar-refractivity contribution >= 4 is 33.2 Å². The maximum Gasteiger partial charge on any atom is 0.199 e. The Labute approximate surface area is 117 Å². The van der Waals surface area contributed by atoms with Crippen molar-refractivity contribution in [2.45, 2.75) is 13.8 Å². The Morgan fingerprint density at radius 2 is 1.55 bits per heavy atom. The van der Waals surface area contributed by atoms with Crippen LogP contribution in [0, 0.1) is 0 Å². The van der Waals surface area contributed by atoms with Crippen molar-refractivity contribution in [3.8, 4) is 0 Å². The van der Waals surface area contributed by atoms with Crippen molar-refractivity contribution < 1.29 is 0 Å². The second-order valence-electron chi connectivity index (χ2n) is 4.37. The van der Waals surface area contributed by atoms with Crippen LogP contribution in [0.2, 0.25) is 0 Å². The fourth-order valence-corrected chi connectivity index (χ4v) is 2.44. The SMILES string of the molecule is CC.Cn1c2ccccc2c(=O)c2c(N)ccc(N)c21. The maximum atomic E-state index is 12.5. The van der Waals surface area contributed by atoms with Gasteiger partial charge in [-0.05, 0) is 24.3 Å². The predicted molar refractivity (Wildman–Crippen MR) is 86.9 cm³/mol. The van der Waals surface area contributed by atoms with Gasteiger partial charge >= 0.3 is 0 Å². The van der Waals surface area contributed by atoms with E-state index in [0.717, 1.165) is 5.52 Å². The number of benzene rings is 2. The topological polar surface area (TPSA) is 74.0 Å². The molecule has 4 heteroatoms. The molecule has 4 nitrogen and oxygen atoms in total. The fourth-order valence-electron chi connectivity index (χ4n) is 2.44. The summed E-state index contributed by atoms with van der Waals surface area (Å²) in [7, 11) is 1.89. The maximum absolute atomic E-state index is 12.5. The monoisotopic (exact) mass is 269 g/mol. The first-order valence-electron chi connectivity index (χ1n) is 6.66. The lowest BCUT2D eigenvalue weighted by atomic mass is 10.1. The molecule has 1 heterocycles. The summed E-state index contributed by atoms with van der Waals surface area (Å²) in [4.78, 5) is 12.5. The number of hydrogen-bond acceptors (Lipinski definition) is 3. The summed E-state index contributed by atoms with van der Waals surface area (Å²) in [6, 6.07) is 10.9. The summed E-state index contributed by atoms with van der Waals surface area (Å²) < 4.78 is 1.91. The van der Waals surface area contributed by atoms with E-state index in [0.29, 0.717) is 27.7 Å². The first-order valence-corrected chi connectivity index (χ1v) is 6.66. The zero-order valence-electron chi connectivity index (χ0n) is 12.0. The normalized spacial score (nSPS) is 10.3. The van der Waals surface area contributed by atoms with E-state index < -0.39 is 0 Å². The van der Waals surface area contributed by atoms with Gasteiger partial charge in [0.25, 0.3) is 0 Å². The largest absolute Gasteiger partial charge is 0.398 e. The molecule has 1 aromatic heterocycles. The van der Waals surface area contributed by atoms with Crippen LogP contribution in [0.25, 0.3) is 21.8 Å². The van der Waals surface area contributed by atoms with Gasteiger partial charge in [-0.25, -0.2) is 0 Å². The van der Waals surface area contributed by atoms with Crippen LogP contribution in [0.5, 0.6) is 0 Å². The summed E-state index contributed by atoms with van der Waals surface area (Å²) in [5, 5.41) is 1.15. The lowest BCUT2D eigenvalue weighted by Crippen LogP contribution is -2.12. The third-order valence-corrected chi connectivity index (χ3v) is 3.31. The minimum atomic E-state index is -0.0662. The molecule has 0 aliphatic carbocycles. The number of fused-ring (bicyclic) bond motifs is 2. The zero-order chi connectivity index (χ0) is 14.9. The number of rotatable bonds is 0. The van der Waals surface area contributed by atoms with E-state index in [9.17, 15) is 4.79 Å². The molecule has 104 valence electrons. The van der Waals surface area contributed by atoms with E-state index in [-0.39, 0.29) is 5.43 Å². The quantitative estimate of drug-likeness (QED) is 0.487. The van der Waals surface area contributed by atoms with Crippen LogP contribution in [0.4, 0.5) is 11.4 Å². The Morgan fingerprint density at radius 1 is 0.950 bits per heavy atom. The summed E-state index contributed by atoms with van der Waals surface area (Å²) >= 11 is 0. The molecule has 0 radical (unpaired) electrons. The van der Waals surface area contributed by atoms with Crippen LogP contribution in [0.3, 0.4) is 0 Å². The fraction of sp³-hybridized carbons (Fsp3) is 0.188. The Balaban J connectivity index is 0.000000704. The smallest absolute Gasteiger partial charge is 0.199 e. The lowest BCUT2D eigenvalue weighted by molar-refractivity contribution is 1.00. The Bertz CT molecular complexity index is 834. The molecule has 0 unspecified atom stereocenters. The number of aromatic nitrogens is 1. The molecule has 0 bridgehead atoms. The van der Waals surface area contributed by atoms with E-state index in [1.807, 2.05) is 43.7 Å². The van der Waals surface area contributed by atoms with E-state index in [4.69, 9.17) is 11.5 Å². The van der Waals surface area contributed by atoms with Gasteiger partial charge < -0.3 is 16.0 Å². The summed E-state index contributed by atoms with van der Waals surface area (Å²) in [5.74, 6) is 0. The average Bonchev–Trinajstić information content (AvgIpc) is 2.49. The number of pyridine rings is 1. The summed E-state index contributed by atoms with van der Waals surface area (Å²) in [6.45, 7) is 4.00. The molecular weight excluding hydrogens is 250 g/mol. The average molecular weight is 269 g/mol. The summed E-state index contributed by atoms with van der Waals surface area (Å²) in [6.07, 6.45) is 0. The highest BCUT2D eigenvalue weighted by molar-refractivity contribution is 6.04. The van der Waals surface area contributed by atoms with Gasteiger partial charge in [0, 0.05) is 18.1 Å². The van der Waals surface area contributed by atoms with E-state index in [2.05, 4.69) is 0 Å². The van der Waals surface area contributed by atoms with Crippen molar-refractivity contribution in [2.24, 2.45) is 7.05 Å². The lowest BCUT2D eigenvalue weighted by Gasteiger charge is -2.13. The van der Waals surface area contributed by atoms with Gasteiger partial charge in [-0.15, -0.1) is 0 Å². The van der Waals surface area contributed by atoms with Gasteiger partial charge in [0.1, 0.15) is 0 Å². The van der Waals surface area contributed by atoms with Gasteiger partial charge in [0.2, 0.25) is 0 Å². The molecule has 2 aromatic carbocycles. The first-order chi connectivity index (χ1) is 9.61. The molecule has 20 heavy (non-hydrogen) atoms. The molecule has 4 N–H and O–H groups in total. The van der Waals surface area contributed by atoms with Gasteiger partial charge in [0.15, 0.2) is 5.43 Å². The number of nitrogens with two attached hydrogens (primary N) is 2. The predicted octanol–water partition coefficient (Wildman–Crippen LogP) is 2.88. The zero-order valence-corrected chi connectivity index (χ0v) is 12.0. The minimum absolute atomic E-state index is 0.0662. The van der Waals surface area contributed by atoms with Crippen molar-refractivity contribution in [1.29, 1.82) is 0 Å². The highest BCUT2D eigenvalue weighted by atomic mass is 16.1.